The van der Waals surface area contributed by atoms with Gasteiger partial charge in [-0.2, -0.15) is 5.10 Å². The maximum Gasteiger partial charge on any atom is 0.271 e. The fourth-order valence-electron chi connectivity index (χ4n) is 2.82. The number of non-ortho nitro benzene ring substituents is 1. The molecule has 0 aliphatic carbocycles. The van der Waals surface area contributed by atoms with Crippen molar-refractivity contribution in [1.82, 2.24) is 5.43 Å². The molecule has 27 heavy (non-hydrogen) atoms. The van der Waals surface area contributed by atoms with Crippen LogP contribution in [0.5, 0.6) is 11.5 Å². The van der Waals surface area contributed by atoms with Crippen molar-refractivity contribution >= 4 is 17.3 Å². The maximum atomic E-state index is 12.2. The van der Waals surface area contributed by atoms with Gasteiger partial charge in [0.15, 0.2) is 17.6 Å². The molecule has 2 aromatic carbocycles. The highest BCUT2D eigenvalue weighted by molar-refractivity contribution is 5.96. The minimum Gasteiger partial charge on any atom is -0.480 e. The number of nitro groups is 1. The highest BCUT2D eigenvalue weighted by Crippen LogP contribution is 2.38. The summed E-state index contributed by atoms with van der Waals surface area (Å²) < 4.78 is 12.0. The molecule has 1 aliphatic rings. The predicted molar refractivity (Wildman–Crippen MR) is 99.2 cm³/mol. The van der Waals surface area contributed by atoms with Crippen LogP contribution in [0.2, 0.25) is 0 Å². The first-order chi connectivity index (χ1) is 12.8. The van der Waals surface area contributed by atoms with Crippen LogP contribution in [-0.2, 0) is 0 Å². The normalized spacial score (nSPS) is 17.9. The van der Waals surface area contributed by atoms with Crippen molar-refractivity contribution in [2.45, 2.75) is 32.5 Å². The Balaban J connectivity index is 1.73. The standard InChI is InChI=1S/C19H19N3O5/c1-12(17-19(2,3)27-16-7-5-4-6-15(16)26-17)20-21-18(23)13-8-10-14(11-9-13)22(24)25/h4-11,17H,1-3H3,(H,21,23)/b20-12+. The Hall–Kier alpha value is -3.42. The molecular weight excluding hydrogens is 350 g/mol. The highest BCUT2D eigenvalue weighted by Gasteiger charge is 2.40. The summed E-state index contributed by atoms with van der Waals surface area (Å²) in [6, 6.07) is 12.6. The Kier molecular flexibility index (Phi) is 4.81. The van der Waals surface area contributed by atoms with Crippen molar-refractivity contribution < 1.29 is 19.2 Å². The summed E-state index contributed by atoms with van der Waals surface area (Å²) in [4.78, 5) is 22.4. The quantitative estimate of drug-likeness (QED) is 0.506. The van der Waals surface area contributed by atoms with Crippen LogP contribution >= 0.6 is 0 Å². The molecule has 1 amide bonds. The van der Waals surface area contributed by atoms with Gasteiger partial charge >= 0.3 is 0 Å². The number of rotatable bonds is 4. The fraction of sp³-hybridized carbons (Fsp3) is 0.263. The Labute approximate surface area is 155 Å². The van der Waals surface area contributed by atoms with E-state index in [1.165, 1.54) is 24.3 Å². The molecule has 0 saturated heterocycles. The number of carbonyl (C=O) groups excluding carboxylic acids is 1. The lowest BCUT2D eigenvalue weighted by molar-refractivity contribution is -0.384. The molecule has 0 bridgehead atoms. The average molecular weight is 369 g/mol. The molecule has 0 radical (unpaired) electrons. The molecule has 140 valence electrons. The van der Waals surface area contributed by atoms with Crippen molar-refractivity contribution in [2.24, 2.45) is 5.10 Å². The van der Waals surface area contributed by atoms with E-state index in [0.717, 1.165) is 0 Å². The van der Waals surface area contributed by atoms with Crippen LogP contribution in [0.3, 0.4) is 0 Å². The predicted octanol–water partition coefficient (Wildman–Crippen LogP) is 3.32. The molecule has 1 unspecified atom stereocenters. The Morgan fingerprint density at radius 1 is 1.15 bits per heavy atom. The zero-order chi connectivity index (χ0) is 19.6. The third-order valence-electron chi connectivity index (χ3n) is 4.15. The van der Waals surface area contributed by atoms with Crippen LogP contribution in [0.25, 0.3) is 0 Å². The van der Waals surface area contributed by atoms with Crippen molar-refractivity contribution in [3.63, 3.8) is 0 Å². The highest BCUT2D eigenvalue weighted by atomic mass is 16.6. The van der Waals surface area contributed by atoms with Gasteiger partial charge in [0, 0.05) is 17.7 Å². The van der Waals surface area contributed by atoms with Crippen LogP contribution in [0.4, 0.5) is 5.69 Å². The molecule has 0 aromatic heterocycles. The summed E-state index contributed by atoms with van der Waals surface area (Å²) in [7, 11) is 0. The number of hydrogen-bond acceptors (Lipinski definition) is 6. The van der Waals surface area contributed by atoms with Gasteiger partial charge in [-0.25, -0.2) is 5.43 Å². The minimum atomic E-state index is -0.681. The zero-order valence-corrected chi connectivity index (χ0v) is 15.1. The third kappa shape index (κ3) is 3.89. The number of nitrogens with one attached hydrogen (secondary N) is 1. The van der Waals surface area contributed by atoms with E-state index in [0.29, 0.717) is 17.2 Å². The second-order valence-corrected chi connectivity index (χ2v) is 6.65. The van der Waals surface area contributed by atoms with Crippen LogP contribution in [0.15, 0.2) is 53.6 Å². The van der Waals surface area contributed by atoms with Crippen LogP contribution in [0, 0.1) is 10.1 Å². The summed E-state index contributed by atoms with van der Waals surface area (Å²) >= 11 is 0. The smallest absolute Gasteiger partial charge is 0.271 e. The van der Waals surface area contributed by atoms with E-state index >= 15 is 0 Å². The first-order valence-electron chi connectivity index (χ1n) is 8.31. The van der Waals surface area contributed by atoms with E-state index in [4.69, 9.17) is 9.47 Å². The van der Waals surface area contributed by atoms with Crippen LogP contribution in [0.1, 0.15) is 31.1 Å². The van der Waals surface area contributed by atoms with Gasteiger partial charge in [-0.05, 0) is 45.0 Å². The van der Waals surface area contributed by atoms with E-state index in [1.54, 1.807) is 13.0 Å². The summed E-state index contributed by atoms with van der Waals surface area (Å²) in [5, 5.41) is 14.8. The zero-order valence-electron chi connectivity index (χ0n) is 15.1. The van der Waals surface area contributed by atoms with Gasteiger partial charge < -0.3 is 9.47 Å². The van der Waals surface area contributed by atoms with E-state index in [-0.39, 0.29) is 11.3 Å². The van der Waals surface area contributed by atoms with Gasteiger partial charge in [0.1, 0.15) is 5.60 Å². The monoisotopic (exact) mass is 369 g/mol. The summed E-state index contributed by atoms with van der Waals surface area (Å²) in [6.45, 7) is 5.50. The number of nitro benzene ring substituents is 1. The summed E-state index contributed by atoms with van der Waals surface area (Å²) in [5.41, 5.74) is 2.48. The lowest BCUT2D eigenvalue weighted by Gasteiger charge is -2.39. The largest absolute Gasteiger partial charge is 0.480 e. The fourth-order valence-corrected chi connectivity index (χ4v) is 2.82. The molecule has 0 fully saturated rings. The molecule has 8 heteroatoms. The molecule has 8 nitrogen and oxygen atoms in total. The van der Waals surface area contributed by atoms with E-state index in [2.05, 4.69) is 10.5 Å². The molecule has 0 saturated carbocycles. The number of hydrogen-bond donors (Lipinski definition) is 1. The molecule has 3 rings (SSSR count). The average Bonchev–Trinajstić information content (AvgIpc) is 2.64. The number of nitrogens with zero attached hydrogens (tertiary/aromatic N) is 2. The van der Waals surface area contributed by atoms with Gasteiger partial charge in [0.25, 0.3) is 11.6 Å². The summed E-state index contributed by atoms with van der Waals surface area (Å²) in [5.74, 6) is 0.790. The first kappa shape index (κ1) is 18.4. The lowest BCUT2D eigenvalue weighted by Crippen LogP contribution is -2.52. The van der Waals surface area contributed by atoms with E-state index in [1.807, 2.05) is 32.0 Å². The first-order valence-corrected chi connectivity index (χ1v) is 8.31. The molecular formula is C19H19N3O5. The molecule has 1 N–H and O–H groups in total. The maximum absolute atomic E-state index is 12.2. The van der Waals surface area contributed by atoms with Crippen LogP contribution in [-0.4, -0.2) is 28.2 Å². The lowest BCUT2D eigenvalue weighted by atomic mass is 9.96. The molecule has 1 heterocycles. The van der Waals surface area contributed by atoms with Gasteiger partial charge in [0.2, 0.25) is 0 Å². The van der Waals surface area contributed by atoms with E-state index in [9.17, 15) is 14.9 Å². The van der Waals surface area contributed by atoms with Crippen molar-refractivity contribution in [3.05, 3.63) is 64.2 Å². The Morgan fingerprint density at radius 2 is 1.78 bits per heavy atom. The number of ether oxygens (including phenoxy) is 2. The summed E-state index contributed by atoms with van der Waals surface area (Å²) in [6.07, 6.45) is -0.496. The number of benzene rings is 2. The Bertz CT molecular complexity index is 906. The second-order valence-electron chi connectivity index (χ2n) is 6.65. The number of hydrazone groups is 1. The topological polar surface area (TPSA) is 103 Å². The van der Waals surface area contributed by atoms with Gasteiger partial charge in [-0.1, -0.05) is 12.1 Å². The molecule has 1 aliphatic heterocycles. The van der Waals surface area contributed by atoms with Gasteiger partial charge in [0.05, 0.1) is 10.6 Å². The van der Waals surface area contributed by atoms with Gasteiger partial charge in [-0.15, -0.1) is 0 Å². The molecule has 1 atom stereocenters. The van der Waals surface area contributed by atoms with Crippen LogP contribution < -0.4 is 14.9 Å². The minimum absolute atomic E-state index is 0.0839. The second kappa shape index (κ2) is 7.06. The number of fused-ring (bicyclic) bond motifs is 1. The van der Waals surface area contributed by atoms with Crippen molar-refractivity contribution in [1.29, 1.82) is 0 Å². The number of amides is 1. The van der Waals surface area contributed by atoms with E-state index < -0.39 is 22.5 Å². The van der Waals surface area contributed by atoms with Crippen molar-refractivity contribution in [2.75, 3.05) is 0 Å². The Morgan fingerprint density at radius 3 is 2.41 bits per heavy atom. The number of para-hydroxylation sites is 2. The SMILES string of the molecule is C/C(=N\NC(=O)c1ccc([N+](=O)[O-])cc1)C1Oc2ccccc2OC1(C)C. The van der Waals surface area contributed by atoms with Gasteiger partial charge in [-0.3, -0.25) is 14.9 Å². The third-order valence-corrected chi connectivity index (χ3v) is 4.15. The molecule has 0 spiro atoms. The van der Waals surface area contributed by atoms with Crippen molar-refractivity contribution in [3.8, 4) is 11.5 Å². The number of carbonyl (C=O) groups is 1. The molecule has 2 aromatic rings.